The molecule has 0 spiro atoms. The summed E-state index contributed by atoms with van der Waals surface area (Å²) in [6, 6.07) is 8.98. The van der Waals surface area contributed by atoms with Crippen molar-refractivity contribution in [3.8, 4) is 10.6 Å². The topological polar surface area (TPSA) is 72.1 Å². The molecule has 0 atom stereocenters. The lowest BCUT2D eigenvalue weighted by Crippen LogP contribution is -2.14. The Bertz CT molecular complexity index is 973. The number of carbonyl (C=O) groups is 2. The maximum atomic E-state index is 12.4. The van der Waals surface area contributed by atoms with Crippen molar-refractivity contribution in [2.45, 2.75) is 20.8 Å². The van der Waals surface area contributed by atoms with Gasteiger partial charge in [0.2, 0.25) is 5.78 Å². The number of carbonyl (C=O) groups excluding carboxylic acids is 2. The van der Waals surface area contributed by atoms with Gasteiger partial charge in [0.05, 0.1) is 5.69 Å². The van der Waals surface area contributed by atoms with Gasteiger partial charge in [-0.15, -0.1) is 11.3 Å². The molecule has 5 nitrogen and oxygen atoms in total. The fourth-order valence-corrected chi connectivity index (χ4v) is 3.68. The van der Waals surface area contributed by atoms with Crippen molar-refractivity contribution in [1.82, 2.24) is 9.97 Å². The van der Waals surface area contributed by atoms with Gasteiger partial charge >= 0.3 is 5.97 Å². The van der Waals surface area contributed by atoms with Gasteiger partial charge in [-0.2, -0.15) is 0 Å². The zero-order chi connectivity index (χ0) is 18.8. The van der Waals surface area contributed by atoms with Gasteiger partial charge in [0.15, 0.2) is 6.61 Å². The number of esters is 1. The molecule has 3 rings (SSSR count). The molecule has 1 aromatic carbocycles. The Morgan fingerprint density at radius 1 is 1.19 bits per heavy atom. The summed E-state index contributed by atoms with van der Waals surface area (Å²) in [6.07, 6.45) is 0. The molecule has 0 radical (unpaired) electrons. The number of hydrogen-bond acceptors (Lipinski definition) is 5. The van der Waals surface area contributed by atoms with E-state index >= 15 is 0 Å². The average Bonchev–Trinajstić information content (AvgIpc) is 3.15. The van der Waals surface area contributed by atoms with Crippen LogP contribution in [0.4, 0.5) is 0 Å². The van der Waals surface area contributed by atoms with Crippen LogP contribution < -0.4 is 0 Å². The number of hydrogen-bond donors (Lipinski definition) is 1. The molecule has 1 N–H and O–H groups in total. The van der Waals surface area contributed by atoms with Gasteiger partial charge in [-0.3, -0.25) is 4.79 Å². The number of thiazole rings is 1. The summed E-state index contributed by atoms with van der Waals surface area (Å²) in [5.41, 5.74) is 3.64. The van der Waals surface area contributed by atoms with Crippen molar-refractivity contribution < 1.29 is 14.3 Å². The molecule has 0 aliphatic heterocycles. The van der Waals surface area contributed by atoms with Crippen molar-refractivity contribution in [2.75, 3.05) is 6.61 Å². The second kappa shape index (κ2) is 7.43. The van der Waals surface area contributed by atoms with E-state index in [2.05, 4.69) is 9.97 Å². The Balaban J connectivity index is 1.71. The van der Waals surface area contributed by atoms with E-state index in [1.165, 1.54) is 11.3 Å². The molecule has 0 fully saturated rings. The number of nitrogens with zero attached hydrogens (tertiary/aromatic N) is 1. The highest BCUT2D eigenvalue weighted by Crippen LogP contribution is 2.29. The fraction of sp³-hybridized carbons (Fsp3) is 0.211. The maximum Gasteiger partial charge on any atom is 0.350 e. The van der Waals surface area contributed by atoms with Crippen LogP contribution in [0, 0.1) is 20.8 Å². The Morgan fingerprint density at radius 3 is 2.50 bits per heavy atom. The number of halogens is 1. The summed E-state index contributed by atoms with van der Waals surface area (Å²) < 4.78 is 5.20. The molecule has 0 aliphatic carbocycles. The van der Waals surface area contributed by atoms with Crippen molar-refractivity contribution in [3.05, 3.63) is 62.9 Å². The van der Waals surface area contributed by atoms with Crippen LogP contribution in [0.2, 0.25) is 5.02 Å². The molecule has 0 saturated heterocycles. The van der Waals surface area contributed by atoms with Gasteiger partial charge < -0.3 is 9.72 Å². The Morgan fingerprint density at radius 2 is 1.88 bits per heavy atom. The molecular formula is C19H17ClN2O3S. The number of nitrogens with one attached hydrogen (secondary N) is 1. The lowest BCUT2D eigenvalue weighted by molar-refractivity contribution is 0.0478. The first-order valence-electron chi connectivity index (χ1n) is 7.95. The van der Waals surface area contributed by atoms with Crippen LogP contribution in [0.15, 0.2) is 30.3 Å². The second-order valence-electron chi connectivity index (χ2n) is 5.93. The number of benzene rings is 1. The molecule has 0 aliphatic rings. The van der Waals surface area contributed by atoms with Crippen LogP contribution in [0.1, 0.15) is 37.1 Å². The molecule has 7 heteroatoms. The van der Waals surface area contributed by atoms with Crippen molar-refractivity contribution in [3.63, 3.8) is 0 Å². The molecule has 0 bridgehead atoms. The largest absolute Gasteiger partial charge is 0.453 e. The van der Waals surface area contributed by atoms with E-state index in [9.17, 15) is 9.59 Å². The van der Waals surface area contributed by atoms with E-state index in [4.69, 9.17) is 16.3 Å². The zero-order valence-electron chi connectivity index (χ0n) is 14.6. The van der Waals surface area contributed by atoms with Crippen molar-refractivity contribution in [1.29, 1.82) is 0 Å². The first-order valence-corrected chi connectivity index (χ1v) is 9.14. The summed E-state index contributed by atoms with van der Waals surface area (Å²) in [6.45, 7) is 5.13. The third-order valence-corrected chi connectivity index (χ3v) is 5.30. The van der Waals surface area contributed by atoms with Gasteiger partial charge in [-0.05, 0) is 39.0 Å². The first kappa shape index (κ1) is 18.4. The van der Waals surface area contributed by atoms with Crippen molar-refractivity contribution in [2.24, 2.45) is 0 Å². The molecule has 2 heterocycles. The van der Waals surface area contributed by atoms with E-state index in [1.807, 2.05) is 26.0 Å². The van der Waals surface area contributed by atoms with Crippen LogP contribution in [0.5, 0.6) is 0 Å². The number of ether oxygens (including phenoxy) is 1. The Kier molecular flexibility index (Phi) is 5.25. The maximum absolute atomic E-state index is 12.4. The molecular weight excluding hydrogens is 372 g/mol. The minimum absolute atomic E-state index is 0.236. The highest BCUT2D eigenvalue weighted by Gasteiger charge is 2.20. The predicted octanol–water partition coefficient (Wildman–Crippen LogP) is 4.76. The van der Waals surface area contributed by atoms with Crippen LogP contribution in [0.25, 0.3) is 10.6 Å². The third kappa shape index (κ3) is 3.86. The number of aryl methyl sites for hydroxylation is 3. The number of H-pyrrole nitrogens is 1. The van der Waals surface area contributed by atoms with Gasteiger partial charge in [0.1, 0.15) is 9.88 Å². The van der Waals surface area contributed by atoms with E-state index in [1.54, 1.807) is 25.1 Å². The molecule has 0 unspecified atom stereocenters. The zero-order valence-corrected chi connectivity index (χ0v) is 16.1. The number of aromatic nitrogens is 2. The highest BCUT2D eigenvalue weighted by molar-refractivity contribution is 7.17. The molecule has 134 valence electrons. The van der Waals surface area contributed by atoms with E-state index < -0.39 is 5.97 Å². The Hall–Kier alpha value is -2.44. The normalized spacial score (nSPS) is 10.8. The minimum atomic E-state index is -0.543. The smallest absolute Gasteiger partial charge is 0.350 e. The summed E-state index contributed by atoms with van der Waals surface area (Å²) in [4.78, 5) is 32.5. The lowest BCUT2D eigenvalue weighted by atomic mass is 10.2. The van der Waals surface area contributed by atoms with Gasteiger partial charge in [0.25, 0.3) is 0 Å². The second-order valence-corrected chi connectivity index (χ2v) is 7.37. The highest BCUT2D eigenvalue weighted by atomic mass is 35.5. The Labute approximate surface area is 160 Å². The van der Waals surface area contributed by atoms with Crippen LogP contribution >= 0.6 is 22.9 Å². The number of aromatic amines is 1. The molecule has 3 aromatic rings. The summed E-state index contributed by atoms with van der Waals surface area (Å²) in [5.74, 6) is -0.779. The average molecular weight is 389 g/mol. The van der Waals surface area contributed by atoms with Crippen LogP contribution in [0.3, 0.4) is 0 Å². The molecule has 0 saturated carbocycles. The van der Waals surface area contributed by atoms with Crippen LogP contribution in [-0.4, -0.2) is 28.3 Å². The first-order chi connectivity index (χ1) is 12.3. The quantitative estimate of drug-likeness (QED) is 0.505. The predicted molar refractivity (Wildman–Crippen MR) is 102 cm³/mol. The standard InChI is InChI=1S/C19H17ClN2O3S/c1-10-8-15(11(2)21-10)16(23)9-25-19(24)17-12(3)22-18(26-17)13-4-6-14(20)7-5-13/h4-8,21H,9H2,1-3H3. The lowest BCUT2D eigenvalue weighted by Gasteiger charge is -2.03. The van der Waals surface area contributed by atoms with Gasteiger partial charge in [-0.1, -0.05) is 23.7 Å². The number of ketones is 1. The fourth-order valence-electron chi connectivity index (χ4n) is 2.59. The van der Waals surface area contributed by atoms with E-state index in [0.717, 1.165) is 17.0 Å². The van der Waals surface area contributed by atoms with Gasteiger partial charge in [0, 0.05) is 27.5 Å². The summed E-state index contributed by atoms with van der Waals surface area (Å²) in [5, 5.41) is 1.34. The number of Topliss-reactive ketones (excluding diaryl/α,β-unsaturated/α-hetero) is 1. The van der Waals surface area contributed by atoms with E-state index in [0.29, 0.717) is 26.2 Å². The molecule has 0 amide bonds. The van der Waals surface area contributed by atoms with Crippen molar-refractivity contribution >= 4 is 34.7 Å². The van der Waals surface area contributed by atoms with E-state index in [-0.39, 0.29) is 12.4 Å². The monoisotopic (exact) mass is 388 g/mol. The summed E-state index contributed by atoms with van der Waals surface area (Å²) >= 11 is 7.13. The molecule has 26 heavy (non-hydrogen) atoms. The number of rotatable bonds is 5. The molecule has 2 aromatic heterocycles. The summed E-state index contributed by atoms with van der Waals surface area (Å²) in [7, 11) is 0. The SMILES string of the molecule is Cc1cc(C(=O)COC(=O)c2sc(-c3ccc(Cl)cc3)nc2C)c(C)[nH]1. The third-order valence-electron chi connectivity index (χ3n) is 3.86. The minimum Gasteiger partial charge on any atom is -0.453 e. The van der Waals surface area contributed by atoms with Crippen LogP contribution in [-0.2, 0) is 4.74 Å². The van der Waals surface area contributed by atoms with Gasteiger partial charge in [-0.25, -0.2) is 9.78 Å².